The third-order valence-electron chi connectivity index (χ3n) is 3.93. The molecule has 0 bridgehead atoms. The Labute approximate surface area is 116 Å². The van der Waals surface area contributed by atoms with Crippen LogP contribution < -0.4 is 10.1 Å². The summed E-state index contributed by atoms with van der Waals surface area (Å²) in [6.45, 7) is 5.23. The first-order chi connectivity index (χ1) is 9.07. The van der Waals surface area contributed by atoms with Gasteiger partial charge in [-0.3, -0.25) is 0 Å². The van der Waals surface area contributed by atoms with E-state index in [0.29, 0.717) is 13.2 Å². The molecule has 1 fully saturated rings. The zero-order valence-corrected chi connectivity index (χ0v) is 12.0. The van der Waals surface area contributed by atoms with Crippen molar-refractivity contribution in [1.29, 1.82) is 0 Å². The van der Waals surface area contributed by atoms with Crippen LogP contribution in [-0.2, 0) is 0 Å². The highest BCUT2D eigenvalue weighted by Crippen LogP contribution is 2.28. The zero-order chi connectivity index (χ0) is 13.7. The summed E-state index contributed by atoms with van der Waals surface area (Å²) < 4.78 is 5.58. The predicted molar refractivity (Wildman–Crippen MR) is 77.6 cm³/mol. The molecular weight excluding hydrogens is 238 g/mol. The first-order valence-electron chi connectivity index (χ1n) is 7.20. The lowest BCUT2D eigenvalue weighted by atomic mass is 10.0. The molecule has 0 heterocycles. The van der Waals surface area contributed by atoms with Crippen LogP contribution in [0.1, 0.15) is 38.2 Å². The molecule has 3 nitrogen and oxygen atoms in total. The van der Waals surface area contributed by atoms with Gasteiger partial charge in [0.05, 0.1) is 0 Å². The maximum atomic E-state index is 9.95. The second kappa shape index (κ2) is 6.40. The van der Waals surface area contributed by atoms with Crippen LogP contribution >= 0.6 is 0 Å². The number of β-amino-alcohol motifs (C(OH)–C–C–N with tert-alkyl or cyclic N) is 1. The fourth-order valence-corrected chi connectivity index (χ4v) is 2.58. The van der Waals surface area contributed by atoms with Gasteiger partial charge in [-0.25, -0.2) is 0 Å². The van der Waals surface area contributed by atoms with Crippen molar-refractivity contribution < 1.29 is 9.84 Å². The summed E-state index contributed by atoms with van der Waals surface area (Å²) in [5, 5.41) is 13.4. The minimum atomic E-state index is -0.460. The smallest absolute Gasteiger partial charge is 0.119 e. The molecule has 1 aromatic rings. The molecule has 19 heavy (non-hydrogen) atoms. The molecule has 1 aliphatic carbocycles. The fraction of sp³-hybridized carbons (Fsp3) is 0.625. The van der Waals surface area contributed by atoms with Crippen molar-refractivity contribution in [2.75, 3.05) is 13.2 Å². The summed E-state index contributed by atoms with van der Waals surface area (Å²) in [5.74, 6) is 0.816. The van der Waals surface area contributed by atoms with Gasteiger partial charge in [-0.1, -0.05) is 30.5 Å². The van der Waals surface area contributed by atoms with Gasteiger partial charge < -0.3 is 15.2 Å². The Morgan fingerprint density at radius 2 is 1.89 bits per heavy atom. The van der Waals surface area contributed by atoms with Crippen LogP contribution in [-0.4, -0.2) is 29.9 Å². The molecule has 0 amide bonds. The molecule has 1 aliphatic rings. The normalized spacial score (nSPS) is 19.3. The van der Waals surface area contributed by atoms with Crippen LogP contribution in [0.2, 0.25) is 0 Å². The van der Waals surface area contributed by atoms with E-state index in [1.165, 1.54) is 31.2 Å². The molecule has 1 saturated carbocycles. The second-order valence-electron chi connectivity index (χ2n) is 5.93. The number of hydrogen-bond acceptors (Lipinski definition) is 3. The number of aryl methyl sites for hydroxylation is 1. The third-order valence-corrected chi connectivity index (χ3v) is 3.93. The Hall–Kier alpha value is -1.06. The molecular formula is C16H25NO2. The van der Waals surface area contributed by atoms with E-state index in [1.54, 1.807) is 0 Å². The molecule has 2 N–H and O–H groups in total. The molecule has 1 atom stereocenters. The summed E-state index contributed by atoms with van der Waals surface area (Å²) in [6, 6.07) is 7.90. The maximum absolute atomic E-state index is 9.95. The van der Waals surface area contributed by atoms with Gasteiger partial charge in [-0.2, -0.15) is 0 Å². The summed E-state index contributed by atoms with van der Waals surface area (Å²) in [6.07, 6.45) is 4.54. The van der Waals surface area contributed by atoms with Crippen LogP contribution in [0.5, 0.6) is 5.75 Å². The van der Waals surface area contributed by atoms with Gasteiger partial charge in [0.1, 0.15) is 18.5 Å². The highest BCUT2D eigenvalue weighted by atomic mass is 16.5. The first-order valence-corrected chi connectivity index (χ1v) is 7.20. The Morgan fingerprint density at radius 1 is 1.26 bits per heavy atom. The van der Waals surface area contributed by atoms with Gasteiger partial charge in [-0.15, -0.1) is 0 Å². The van der Waals surface area contributed by atoms with Gasteiger partial charge in [0.2, 0.25) is 0 Å². The topological polar surface area (TPSA) is 41.5 Å². The van der Waals surface area contributed by atoms with E-state index in [0.717, 1.165) is 5.75 Å². The van der Waals surface area contributed by atoms with E-state index >= 15 is 0 Å². The van der Waals surface area contributed by atoms with Gasteiger partial charge in [0, 0.05) is 12.1 Å². The van der Waals surface area contributed by atoms with Gasteiger partial charge in [0.25, 0.3) is 0 Å². The van der Waals surface area contributed by atoms with E-state index < -0.39 is 6.10 Å². The number of aliphatic hydroxyl groups is 1. The molecule has 0 aromatic heterocycles. The lowest BCUT2D eigenvalue weighted by Gasteiger charge is -2.27. The SMILES string of the molecule is Cc1ccc(OCC(O)CNC2(C)CCCC2)cc1. The molecule has 1 aromatic carbocycles. The molecule has 0 spiro atoms. The quantitative estimate of drug-likeness (QED) is 0.829. The van der Waals surface area contributed by atoms with Crippen molar-refractivity contribution >= 4 is 0 Å². The second-order valence-corrected chi connectivity index (χ2v) is 5.93. The molecule has 2 rings (SSSR count). The number of hydrogen-bond donors (Lipinski definition) is 2. The van der Waals surface area contributed by atoms with Crippen molar-refractivity contribution in [3.63, 3.8) is 0 Å². The summed E-state index contributed by atoms with van der Waals surface area (Å²) in [7, 11) is 0. The highest BCUT2D eigenvalue weighted by Gasteiger charge is 2.28. The number of aliphatic hydroxyl groups excluding tert-OH is 1. The van der Waals surface area contributed by atoms with Crippen LogP contribution in [0.25, 0.3) is 0 Å². The average molecular weight is 263 g/mol. The molecule has 0 aliphatic heterocycles. The first kappa shape index (κ1) is 14.4. The van der Waals surface area contributed by atoms with Gasteiger partial charge in [0.15, 0.2) is 0 Å². The van der Waals surface area contributed by atoms with E-state index in [4.69, 9.17) is 4.74 Å². The number of rotatable bonds is 6. The largest absolute Gasteiger partial charge is 0.491 e. The van der Waals surface area contributed by atoms with Crippen LogP contribution in [0, 0.1) is 6.92 Å². The molecule has 3 heteroatoms. The molecule has 0 saturated heterocycles. The summed E-state index contributed by atoms with van der Waals surface area (Å²) >= 11 is 0. The van der Waals surface area contributed by atoms with E-state index in [1.807, 2.05) is 31.2 Å². The van der Waals surface area contributed by atoms with Crippen LogP contribution in [0.4, 0.5) is 0 Å². The van der Waals surface area contributed by atoms with Crippen molar-refractivity contribution in [2.45, 2.75) is 51.2 Å². The zero-order valence-electron chi connectivity index (χ0n) is 12.0. The average Bonchev–Trinajstić information content (AvgIpc) is 2.83. The summed E-state index contributed by atoms with van der Waals surface area (Å²) in [4.78, 5) is 0. The number of ether oxygens (including phenoxy) is 1. The Balaban J connectivity index is 1.69. The summed E-state index contributed by atoms with van der Waals surface area (Å²) in [5.41, 5.74) is 1.42. The van der Waals surface area contributed by atoms with Crippen molar-refractivity contribution in [3.8, 4) is 5.75 Å². The Kier molecular flexibility index (Phi) is 4.83. The number of benzene rings is 1. The van der Waals surface area contributed by atoms with Gasteiger partial charge >= 0.3 is 0 Å². The van der Waals surface area contributed by atoms with Crippen molar-refractivity contribution in [2.24, 2.45) is 0 Å². The molecule has 106 valence electrons. The molecule has 0 radical (unpaired) electrons. The van der Waals surface area contributed by atoms with E-state index in [9.17, 15) is 5.11 Å². The maximum Gasteiger partial charge on any atom is 0.119 e. The molecule has 1 unspecified atom stereocenters. The third kappa shape index (κ3) is 4.51. The van der Waals surface area contributed by atoms with Gasteiger partial charge in [-0.05, 0) is 38.8 Å². The lowest BCUT2D eigenvalue weighted by Crippen LogP contribution is -2.44. The highest BCUT2D eigenvalue weighted by molar-refractivity contribution is 5.26. The minimum Gasteiger partial charge on any atom is -0.491 e. The van der Waals surface area contributed by atoms with E-state index in [2.05, 4.69) is 12.2 Å². The predicted octanol–water partition coefficient (Wildman–Crippen LogP) is 2.66. The Bertz CT molecular complexity index is 382. The standard InChI is InChI=1S/C16H25NO2/c1-13-5-7-15(8-6-13)19-12-14(18)11-17-16(2)9-3-4-10-16/h5-8,14,17-18H,3-4,9-12H2,1-2H3. The Morgan fingerprint density at radius 3 is 2.53 bits per heavy atom. The lowest BCUT2D eigenvalue weighted by molar-refractivity contribution is 0.0979. The van der Waals surface area contributed by atoms with E-state index in [-0.39, 0.29) is 5.54 Å². The number of nitrogens with one attached hydrogen (secondary N) is 1. The van der Waals surface area contributed by atoms with Crippen LogP contribution in [0.15, 0.2) is 24.3 Å². The monoisotopic (exact) mass is 263 g/mol. The fourth-order valence-electron chi connectivity index (χ4n) is 2.58. The van der Waals surface area contributed by atoms with Crippen LogP contribution in [0.3, 0.4) is 0 Å². The van der Waals surface area contributed by atoms with Crippen molar-refractivity contribution in [3.05, 3.63) is 29.8 Å². The minimum absolute atomic E-state index is 0.213. The van der Waals surface area contributed by atoms with Crippen molar-refractivity contribution in [1.82, 2.24) is 5.32 Å².